The molecule has 2 fully saturated rings. The fourth-order valence-electron chi connectivity index (χ4n) is 3.89. The smallest absolute Gasteiger partial charge is 0.0162 e. The molecular weight excluding hydrogens is 240 g/mol. The number of hydrogen-bond acceptors (Lipinski definition) is 0. The SMILES string of the molecule is C(=CC1CCCC1)c1ccc(C2CCCCCC2)cc1. The first-order chi connectivity index (χ1) is 9.92. The van der Waals surface area contributed by atoms with Gasteiger partial charge < -0.3 is 0 Å². The zero-order valence-electron chi connectivity index (χ0n) is 12.7. The van der Waals surface area contributed by atoms with Crippen molar-refractivity contribution in [1.82, 2.24) is 0 Å². The quantitative estimate of drug-likeness (QED) is 0.562. The third-order valence-electron chi connectivity index (χ3n) is 5.22. The predicted molar refractivity (Wildman–Crippen MR) is 87.9 cm³/mol. The Kier molecular flexibility index (Phi) is 4.95. The largest absolute Gasteiger partial charge is 0.0808 e. The van der Waals surface area contributed by atoms with Crippen molar-refractivity contribution in [2.24, 2.45) is 5.92 Å². The van der Waals surface area contributed by atoms with Gasteiger partial charge in [-0.15, -0.1) is 0 Å². The van der Waals surface area contributed by atoms with E-state index < -0.39 is 0 Å². The summed E-state index contributed by atoms with van der Waals surface area (Å²) in [5, 5.41) is 0. The summed E-state index contributed by atoms with van der Waals surface area (Å²) < 4.78 is 0. The van der Waals surface area contributed by atoms with Crippen LogP contribution in [0.2, 0.25) is 0 Å². The van der Waals surface area contributed by atoms with Gasteiger partial charge in [0.05, 0.1) is 0 Å². The molecule has 3 rings (SSSR count). The third-order valence-corrected chi connectivity index (χ3v) is 5.22. The molecule has 108 valence electrons. The lowest BCUT2D eigenvalue weighted by molar-refractivity contribution is 0.592. The van der Waals surface area contributed by atoms with E-state index in [-0.39, 0.29) is 0 Å². The Bertz CT molecular complexity index is 412. The number of benzene rings is 1. The van der Waals surface area contributed by atoms with E-state index in [2.05, 4.69) is 36.4 Å². The van der Waals surface area contributed by atoms with Gasteiger partial charge in [0.15, 0.2) is 0 Å². The lowest BCUT2D eigenvalue weighted by Gasteiger charge is -2.14. The molecule has 0 saturated heterocycles. The zero-order chi connectivity index (χ0) is 13.6. The van der Waals surface area contributed by atoms with Gasteiger partial charge in [0.1, 0.15) is 0 Å². The molecule has 2 aliphatic carbocycles. The predicted octanol–water partition coefficient (Wildman–Crippen LogP) is 6.33. The van der Waals surface area contributed by atoms with Crippen LogP contribution in [0.15, 0.2) is 30.3 Å². The maximum absolute atomic E-state index is 2.44. The van der Waals surface area contributed by atoms with Crippen molar-refractivity contribution in [3.8, 4) is 0 Å². The van der Waals surface area contributed by atoms with E-state index >= 15 is 0 Å². The molecule has 0 unspecified atom stereocenters. The maximum atomic E-state index is 2.44. The summed E-state index contributed by atoms with van der Waals surface area (Å²) in [5.41, 5.74) is 2.96. The normalized spacial score (nSPS) is 22.4. The molecule has 2 aliphatic rings. The summed E-state index contributed by atoms with van der Waals surface area (Å²) in [6.45, 7) is 0. The lowest BCUT2D eigenvalue weighted by Crippen LogP contribution is -1.96. The third kappa shape index (κ3) is 3.75. The van der Waals surface area contributed by atoms with Gasteiger partial charge >= 0.3 is 0 Å². The Morgan fingerprint density at radius 2 is 1.30 bits per heavy atom. The van der Waals surface area contributed by atoms with E-state index in [1.54, 1.807) is 5.56 Å². The van der Waals surface area contributed by atoms with Crippen molar-refractivity contribution in [2.75, 3.05) is 0 Å². The van der Waals surface area contributed by atoms with Gasteiger partial charge in [0.25, 0.3) is 0 Å². The number of hydrogen-bond donors (Lipinski definition) is 0. The molecule has 0 aromatic heterocycles. The first-order valence-electron chi connectivity index (χ1n) is 8.70. The van der Waals surface area contributed by atoms with Crippen molar-refractivity contribution in [2.45, 2.75) is 70.1 Å². The molecule has 2 saturated carbocycles. The number of rotatable bonds is 3. The van der Waals surface area contributed by atoms with Crippen LogP contribution in [0, 0.1) is 5.92 Å². The molecular formula is C20H28. The highest BCUT2D eigenvalue weighted by atomic mass is 14.2. The molecule has 0 aliphatic heterocycles. The van der Waals surface area contributed by atoms with E-state index in [1.165, 1.54) is 69.8 Å². The molecule has 0 nitrogen and oxygen atoms in total. The molecule has 20 heavy (non-hydrogen) atoms. The number of allylic oxidation sites excluding steroid dienone is 1. The second-order valence-electron chi connectivity index (χ2n) is 6.76. The minimum Gasteiger partial charge on any atom is -0.0808 e. The molecule has 0 atom stereocenters. The lowest BCUT2D eigenvalue weighted by atomic mass is 9.91. The second-order valence-corrected chi connectivity index (χ2v) is 6.76. The van der Waals surface area contributed by atoms with Crippen molar-refractivity contribution in [3.05, 3.63) is 41.5 Å². The summed E-state index contributed by atoms with van der Waals surface area (Å²) in [5.74, 6) is 1.67. The fraction of sp³-hybridized carbons (Fsp3) is 0.600. The average Bonchev–Trinajstić information content (AvgIpc) is 2.86. The summed E-state index contributed by atoms with van der Waals surface area (Å²) in [4.78, 5) is 0. The Hall–Kier alpha value is -1.04. The van der Waals surface area contributed by atoms with Crippen LogP contribution >= 0.6 is 0 Å². The molecule has 1 aromatic carbocycles. The average molecular weight is 268 g/mol. The topological polar surface area (TPSA) is 0 Å². The van der Waals surface area contributed by atoms with Gasteiger partial charge in [0.2, 0.25) is 0 Å². The van der Waals surface area contributed by atoms with Gasteiger partial charge in [-0.05, 0) is 48.6 Å². The van der Waals surface area contributed by atoms with Crippen LogP contribution in [0.25, 0.3) is 6.08 Å². The molecule has 0 spiro atoms. The van der Waals surface area contributed by atoms with E-state index in [9.17, 15) is 0 Å². The van der Waals surface area contributed by atoms with Gasteiger partial charge in [-0.2, -0.15) is 0 Å². The van der Waals surface area contributed by atoms with Crippen LogP contribution < -0.4 is 0 Å². The van der Waals surface area contributed by atoms with Crippen LogP contribution in [0.3, 0.4) is 0 Å². The summed E-state index contributed by atoms with van der Waals surface area (Å²) in [7, 11) is 0. The van der Waals surface area contributed by atoms with Crippen LogP contribution in [0.5, 0.6) is 0 Å². The molecule has 0 heterocycles. The Balaban J connectivity index is 1.61. The van der Waals surface area contributed by atoms with Crippen molar-refractivity contribution >= 4 is 6.08 Å². The van der Waals surface area contributed by atoms with E-state index in [4.69, 9.17) is 0 Å². The highest BCUT2D eigenvalue weighted by Crippen LogP contribution is 2.32. The zero-order valence-corrected chi connectivity index (χ0v) is 12.7. The van der Waals surface area contributed by atoms with Crippen molar-refractivity contribution in [1.29, 1.82) is 0 Å². The minimum absolute atomic E-state index is 0.824. The molecule has 0 amide bonds. The highest BCUT2D eigenvalue weighted by Gasteiger charge is 2.14. The summed E-state index contributed by atoms with van der Waals surface area (Å²) in [6, 6.07) is 9.41. The molecule has 1 aromatic rings. The van der Waals surface area contributed by atoms with Crippen molar-refractivity contribution in [3.63, 3.8) is 0 Å². The molecule has 0 N–H and O–H groups in total. The van der Waals surface area contributed by atoms with Crippen LogP contribution in [0.1, 0.15) is 81.3 Å². The van der Waals surface area contributed by atoms with Crippen LogP contribution in [0.4, 0.5) is 0 Å². The van der Waals surface area contributed by atoms with Crippen LogP contribution in [-0.4, -0.2) is 0 Å². The van der Waals surface area contributed by atoms with E-state index in [0.717, 1.165) is 11.8 Å². The van der Waals surface area contributed by atoms with Gasteiger partial charge in [-0.1, -0.05) is 74.9 Å². The van der Waals surface area contributed by atoms with Crippen LogP contribution in [-0.2, 0) is 0 Å². The summed E-state index contributed by atoms with van der Waals surface area (Å²) >= 11 is 0. The van der Waals surface area contributed by atoms with Gasteiger partial charge in [-0.3, -0.25) is 0 Å². The monoisotopic (exact) mass is 268 g/mol. The van der Waals surface area contributed by atoms with E-state index in [0.29, 0.717) is 0 Å². The Morgan fingerprint density at radius 1 is 0.700 bits per heavy atom. The van der Waals surface area contributed by atoms with Gasteiger partial charge in [-0.25, -0.2) is 0 Å². The maximum Gasteiger partial charge on any atom is -0.0162 e. The second kappa shape index (κ2) is 7.11. The van der Waals surface area contributed by atoms with E-state index in [1.807, 2.05) is 0 Å². The first kappa shape index (κ1) is 13.9. The Labute approximate surface area is 124 Å². The van der Waals surface area contributed by atoms with Gasteiger partial charge in [0, 0.05) is 0 Å². The molecule has 0 heteroatoms. The van der Waals surface area contributed by atoms with Crippen molar-refractivity contribution < 1.29 is 0 Å². The Morgan fingerprint density at radius 3 is 1.95 bits per heavy atom. The molecule has 0 bridgehead atoms. The summed E-state index contributed by atoms with van der Waals surface area (Å²) in [6.07, 6.45) is 19.0. The molecule has 0 radical (unpaired) electrons. The standard InChI is InChI=1S/C20H28/c1-2-4-10-19(9-3-1)20-15-13-18(14-16-20)12-11-17-7-5-6-8-17/h11-17,19H,1-10H2. The minimum atomic E-state index is 0.824. The fourth-order valence-corrected chi connectivity index (χ4v) is 3.89. The first-order valence-corrected chi connectivity index (χ1v) is 8.70. The highest BCUT2D eigenvalue weighted by molar-refractivity contribution is 5.50.